The van der Waals surface area contributed by atoms with Crippen molar-refractivity contribution >= 4 is 5.91 Å². The van der Waals surface area contributed by atoms with Gasteiger partial charge >= 0.3 is 0 Å². The van der Waals surface area contributed by atoms with E-state index >= 15 is 0 Å². The van der Waals surface area contributed by atoms with Crippen molar-refractivity contribution in [2.75, 3.05) is 6.54 Å². The topological polar surface area (TPSA) is 53.2 Å². The maximum atomic E-state index is 12.5. The lowest BCUT2D eigenvalue weighted by Crippen LogP contribution is -2.42. The molecule has 3 rings (SSSR count). The van der Waals surface area contributed by atoms with E-state index in [9.17, 15) is 4.79 Å². The third-order valence-corrected chi connectivity index (χ3v) is 4.43. The first kappa shape index (κ1) is 13.6. The van der Waals surface area contributed by atoms with Gasteiger partial charge in [0.25, 0.3) is 0 Å². The van der Waals surface area contributed by atoms with E-state index in [1.807, 2.05) is 18.2 Å². The van der Waals surface area contributed by atoms with Crippen LogP contribution in [0.1, 0.15) is 43.7 Å². The molecule has 1 heterocycles. The summed E-state index contributed by atoms with van der Waals surface area (Å²) in [5.41, 5.74) is 7.53. The van der Waals surface area contributed by atoms with Gasteiger partial charge in [-0.2, -0.15) is 0 Å². The highest BCUT2D eigenvalue weighted by Crippen LogP contribution is 2.26. The fraction of sp³-hybridized carbons (Fsp3) is 0.562. The van der Waals surface area contributed by atoms with Crippen LogP contribution in [0, 0.1) is 5.92 Å². The highest BCUT2D eigenvalue weighted by Gasteiger charge is 2.34. The molecule has 0 radical (unpaired) electrons. The Morgan fingerprint density at radius 1 is 1.10 bits per heavy atom. The van der Waals surface area contributed by atoms with E-state index in [4.69, 9.17) is 0 Å². The molecule has 2 aliphatic rings. The molecule has 0 spiro atoms. The summed E-state index contributed by atoms with van der Waals surface area (Å²) < 4.78 is 0. The first-order valence-electron chi connectivity index (χ1n) is 7.68. The Balaban J connectivity index is 1.64. The van der Waals surface area contributed by atoms with Crippen molar-refractivity contribution in [2.45, 2.75) is 44.2 Å². The van der Waals surface area contributed by atoms with Crippen molar-refractivity contribution in [3.63, 3.8) is 0 Å². The van der Waals surface area contributed by atoms with Crippen LogP contribution in [-0.4, -0.2) is 18.5 Å². The summed E-state index contributed by atoms with van der Waals surface area (Å²) in [6.45, 7) is 0.693. The zero-order valence-corrected chi connectivity index (χ0v) is 11.8. The molecule has 1 saturated heterocycles. The lowest BCUT2D eigenvalue weighted by molar-refractivity contribution is -0.125. The summed E-state index contributed by atoms with van der Waals surface area (Å²) in [4.78, 5) is 12.5. The minimum atomic E-state index is -0.0284. The summed E-state index contributed by atoms with van der Waals surface area (Å²) in [6.07, 6.45) is 6.07. The number of amides is 1. The van der Waals surface area contributed by atoms with Gasteiger partial charge in [0, 0.05) is 12.6 Å². The molecule has 1 amide bonds. The van der Waals surface area contributed by atoms with Crippen LogP contribution in [0.5, 0.6) is 0 Å². The Hall–Kier alpha value is -1.39. The van der Waals surface area contributed by atoms with Crippen LogP contribution in [0.3, 0.4) is 0 Å². The number of nitrogens with one attached hydrogen (secondary N) is 3. The molecule has 0 bridgehead atoms. The van der Waals surface area contributed by atoms with Crippen molar-refractivity contribution in [1.29, 1.82) is 0 Å². The van der Waals surface area contributed by atoms with Gasteiger partial charge in [-0.3, -0.25) is 10.2 Å². The number of hydrogen-bond acceptors (Lipinski definition) is 3. The summed E-state index contributed by atoms with van der Waals surface area (Å²) in [7, 11) is 0. The summed E-state index contributed by atoms with van der Waals surface area (Å²) in [6, 6.07) is 10.6. The van der Waals surface area contributed by atoms with Crippen LogP contribution in [0.15, 0.2) is 30.3 Å². The van der Waals surface area contributed by atoms with Gasteiger partial charge in [-0.15, -0.1) is 0 Å². The van der Waals surface area contributed by atoms with Crippen molar-refractivity contribution in [3.8, 4) is 0 Å². The second kappa shape index (κ2) is 6.37. The van der Waals surface area contributed by atoms with Crippen molar-refractivity contribution in [1.82, 2.24) is 16.2 Å². The van der Waals surface area contributed by atoms with E-state index < -0.39 is 0 Å². The predicted octanol–water partition coefficient (Wildman–Crippen LogP) is 1.90. The Morgan fingerprint density at radius 2 is 1.85 bits per heavy atom. The quantitative estimate of drug-likeness (QED) is 0.788. The van der Waals surface area contributed by atoms with Crippen LogP contribution in [0.2, 0.25) is 0 Å². The molecule has 1 aromatic rings. The van der Waals surface area contributed by atoms with Gasteiger partial charge in [-0.25, -0.2) is 5.43 Å². The highest BCUT2D eigenvalue weighted by atomic mass is 16.2. The summed E-state index contributed by atoms with van der Waals surface area (Å²) >= 11 is 0. The largest absolute Gasteiger partial charge is 0.353 e. The normalized spacial score (nSPS) is 27.4. The molecule has 1 aliphatic heterocycles. The average Bonchev–Trinajstić information content (AvgIpc) is 2.99. The van der Waals surface area contributed by atoms with Crippen molar-refractivity contribution in [3.05, 3.63) is 35.9 Å². The Bertz CT molecular complexity index is 442. The number of hydrogen-bond donors (Lipinski definition) is 3. The van der Waals surface area contributed by atoms with Crippen molar-refractivity contribution in [2.24, 2.45) is 5.92 Å². The molecule has 108 valence electrons. The fourth-order valence-electron chi connectivity index (χ4n) is 3.27. The number of rotatable bonds is 3. The van der Waals surface area contributed by atoms with E-state index in [1.165, 1.54) is 24.8 Å². The van der Waals surface area contributed by atoms with Crippen molar-refractivity contribution < 1.29 is 4.79 Å². The standard InChI is InChI=1S/C16H23N3O/c20-16(18-13-9-5-2-6-10-13)14-11-17-19-15(14)12-7-3-1-4-8-12/h1,3-4,7-8,13-15,17,19H,2,5-6,9-11H2,(H,18,20). The molecule has 3 N–H and O–H groups in total. The molecule has 1 saturated carbocycles. The van der Waals surface area contributed by atoms with Crippen LogP contribution in [0.25, 0.3) is 0 Å². The zero-order chi connectivity index (χ0) is 13.8. The Kier molecular flexibility index (Phi) is 4.33. The lowest BCUT2D eigenvalue weighted by Gasteiger charge is -2.26. The molecule has 4 heteroatoms. The molecular weight excluding hydrogens is 250 g/mol. The minimum Gasteiger partial charge on any atom is -0.353 e. The second-order valence-corrected chi connectivity index (χ2v) is 5.86. The maximum Gasteiger partial charge on any atom is 0.226 e. The molecule has 4 nitrogen and oxygen atoms in total. The number of carbonyl (C=O) groups excluding carboxylic acids is 1. The first-order chi connectivity index (χ1) is 9.84. The molecule has 1 aliphatic carbocycles. The number of carbonyl (C=O) groups is 1. The Labute approximate surface area is 120 Å². The fourth-order valence-corrected chi connectivity index (χ4v) is 3.27. The first-order valence-corrected chi connectivity index (χ1v) is 7.68. The third kappa shape index (κ3) is 3.02. The molecule has 0 aromatic heterocycles. The molecule has 2 fully saturated rings. The van der Waals surface area contributed by atoms with Gasteiger partial charge in [-0.1, -0.05) is 49.6 Å². The van der Waals surface area contributed by atoms with Gasteiger partial charge in [0.2, 0.25) is 5.91 Å². The zero-order valence-electron chi connectivity index (χ0n) is 11.8. The van der Waals surface area contributed by atoms with E-state index in [2.05, 4.69) is 28.3 Å². The van der Waals surface area contributed by atoms with E-state index in [0.717, 1.165) is 12.8 Å². The van der Waals surface area contributed by atoms with Gasteiger partial charge in [-0.05, 0) is 18.4 Å². The monoisotopic (exact) mass is 273 g/mol. The predicted molar refractivity (Wildman–Crippen MR) is 78.8 cm³/mol. The summed E-state index contributed by atoms with van der Waals surface area (Å²) in [5, 5.41) is 3.24. The molecular formula is C16H23N3O. The Morgan fingerprint density at radius 3 is 2.60 bits per heavy atom. The smallest absolute Gasteiger partial charge is 0.226 e. The van der Waals surface area contributed by atoms with Crippen LogP contribution in [0.4, 0.5) is 0 Å². The minimum absolute atomic E-state index is 0.0284. The number of benzene rings is 1. The SMILES string of the molecule is O=C(NC1CCCCC1)C1CNNC1c1ccccc1. The third-order valence-electron chi connectivity index (χ3n) is 4.43. The highest BCUT2D eigenvalue weighted by molar-refractivity contribution is 5.80. The molecule has 1 aromatic carbocycles. The molecule has 20 heavy (non-hydrogen) atoms. The van der Waals surface area contributed by atoms with Gasteiger partial charge in [0.05, 0.1) is 12.0 Å². The second-order valence-electron chi connectivity index (χ2n) is 5.86. The van der Waals surface area contributed by atoms with Gasteiger partial charge < -0.3 is 5.32 Å². The van der Waals surface area contributed by atoms with Crippen LogP contribution < -0.4 is 16.2 Å². The van der Waals surface area contributed by atoms with Gasteiger partial charge in [0.15, 0.2) is 0 Å². The maximum absolute atomic E-state index is 12.5. The van der Waals surface area contributed by atoms with E-state index in [0.29, 0.717) is 12.6 Å². The van der Waals surface area contributed by atoms with Gasteiger partial charge in [0.1, 0.15) is 0 Å². The van der Waals surface area contributed by atoms with E-state index in [1.54, 1.807) is 0 Å². The average molecular weight is 273 g/mol. The molecule has 2 atom stereocenters. The lowest BCUT2D eigenvalue weighted by atomic mass is 9.92. The number of hydrazine groups is 1. The van der Waals surface area contributed by atoms with Crippen LogP contribution in [-0.2, 0) is 4.79 Å². The molecule has 2 unspecified atom stereocenters. The van der Waals surface area contributed by atoms with E-state index in [-0.39, 0.29) is 17.9 Å². The van der Waals surface area contributed by atoms with Crippen LogP contribution >= 0.6 is 0 Å². The summed E-state index contributed by atoms with van der Waals surface area (Å²) in [5.74, 6) is 0.155.